The van der Waals surface area contributed by atoms with Gasteiger partial charge in [0, 0.05) is 11.0 Å². The van der Waals surface area contributed by atoms with Gasteiger partial charge in [-0.1, -0.05) is 22.0 Å². The molecular weight excluding hydrogens is 311 g/mol. The number of carbonyl (C=O) groups is 1. The summed E-state index contributed by atoms with van der Waals surface area (Å²) in [7, 11) is 0. The van der Waals surface area contributed by atoms with Gasteiger partial charge in [0.15, 0.2) is 0 Å². The van der Waals surface area contributed by atoms with Crippen molar-refractivity contribution in [1.82, 2.24) is 5.32 Å². The second-order valence-corrected chi connectivity index (χ2v) is 4.44. The van der Waals surface area contributed by atoms with Crippen LogP contribution < -0.4 is 5.32 Å². The lowest BCUT2D eigenvalue weighted by Gasteiger charge is -2.13. The maximum atomic E-state index is 12.8. The molecule has 0 fully saturated rings. The number of hydrogen-bond acceptors (Lipinski definition) is 1. The third-order valence-corrected chi connectivity index (χ3v) is 2.66. The van der Waals surface area contributed by atoms with Gasteiger partial charge in [0.1, 0.15) is 0 Å². The van der Waals surface area contributed by atoms with Crippen LogP contribution in [0.5, 0.6) is 0 Å². The summed E-state index contributed by atoms with van der Waals surface area (Å²) in [6, 6.07) is 3.44. The molecule has 2 nitrogen and oxygen atoms in total. The van der Waals surface area contributed by atoms with E-state index in [9.17, 15) is 18.0 Å². The van der Waals surface area contributed by atoms with Crippen molar-refractivity contribution < 1.29 is 18.0 Å². The highest BCUT2D eigenvalue weighted by Gasteiger charge is 2.35. The SMILES string of the molecule is C=CCCNC(=O)c1ccc(Br)cc1C(F)(F)F. The van der Waals surface area contributed by atoms with Crippen LogP contribution >= 0.6 is 15.9 Å². The summed E-state index contributed by atoms with van der Waals surface area (Å²) in [5.74, 6) is -0.739. The quantitative estimate of drug-likeness (QED) is 0.663. The van der Waals surface area contributed by atoms with Crippen molar-refractivity contribution in [3.63, 3.8) is 0 Å². The van der Waals surface area contributed by atoms with Crippen LogP contribution in [0.15, 0.2) is 35.3 Å². The smallest absolute Gasteiger partial charge is 0.352 e. The summed E-state index contributed by atoms with van der Waals surface area (Å²) in [5.41, 5.74) is -1.33. The van der Waals surface area contributed by atoms with Gasteiger partial charge in [-0.25, -0.2) is 0 Å². The van der Waals surface area contributed by atoms with Gasteiger partial charge < -0.3 is 5.32 Å². The van der Waals surface area contributed by atoms with E-state index >= 15 is 0 Å². The van der Waals surface area contributed by atoms with Gasteiger partial charge in [-0.3, -0.25) is 4.79 Å². The summed E-state index contributed by atoms with van der Waals surface area (Å²) in [5, 5.41) is 2.41. The Balaban J connectivity index is 3.01. The topological polar surface area (TPSA) is 29.1 Å². The Labute approximate surface area is 111 Å². The molecule has 1 aromatic rings. The summed E-state index contributed by atoms with van der Waals surface area (Å²) in [6.07, 6.45) is -2.48. The molecule has 0 saturated heterocycles. The first-order valence-corrected chi connectivity index (χ1v) is 5.91. The molecule has 1 aromatic carbocycles. The van der Waals surface area contributed by atoms with Crippen LogP contribution in [-0.2, 0) is 6.18 Å². The highest BCUT2D eigenvalue weighted by atomic mass is 79.9. The zero-order chi connectivity index (χ0) is 13.8. The van der Waals surface area contributed by atoms with E-state index in [0.717, 1.165) is 12.1 Å². The van der Waals surface area contributed by atoms with Gasteiger partial charge in [0.25, 0.3) is 5.91 Å². The summed E-state index contributed by atoms with van der Waals surface area (Å²) >= 11 is 2.96. The van der Waals surface area contributed by atoms with Gasteiger partial charge in [-0.05, 0) is 24.6 Å². The average molecular weight is 322 g/mol. The fourth-order valence-corrected chi connectivity index (χ4v) is 1.69. The van der Waals surface area contributed by atoms with E-state index in [4.69, 9.17) is 0 Å². The van der Waals surface area contributed by atoms with E-state index in [1.165, 1.54) is 6.07 Å². The van der Waals surface area contributed by atoms with E-state index < -0.39 is 17.6 Å². The fraction of sp³-hybridized carbons (Fsp3) is 0.250. The highest BCUT2D eigenvalue weighted by molar-refractivity contribution is 9.10. The molecule has 0 saturated carbocycles. The number of halogens is 4. The third-order valence-electron chi connectivity index (χ3n) is 2.17. The van der Waals surface area contributed by atoms with Gasteiger partial charge >= 0.3 is 6.18 Å². The minimum atomic E-state index is -4.56. The van der Waals surface area contributed by atoms with Gasteiger partial charge in [-0.15, -0.1) is 6.58 Å². The first kappa shape index (κ1) is 14.8. The Bertz CT molecular complexity index is 457. The van der Waals surface area contributed by atoms with Crippen LogP contribution in [0.3, 0.4) is 0 Å². The zero-order valence-corrected chi connectivity index (χ0v) is 10.9. The van der Waals surface area contributed by atoms with Crippen LogP contribution in [0.4, 0.5) is 13.2 Å². The van der Waals surface area contributed by atoms with Crippen LogP contribution in [0.25, 0.3) is 0 Å². The zero-order valence-electron chi connectivity index (χ0n) is 9.35. The molecule has 0 heterocycles. The molecule has 0 aliphatic carbocycles. The summed E-state index contributed by atoms with van der Waals surface area (Å²) < 4.78 is 38.6. The molecule has 98 valence electrons. The van der Waals surface area contributed by atoms with Crippen molar-refractivity contribution in [2.45, 2.75) is 12.6 Å². The number of hydrogen-bond donors (Lipinski definition) is 1. The average Bonchev–Trinajstić information content (AvgIpc) is 2.28. The minimum absolute atomic E-state index is 0.260. The molecule has 0 aliphatic rings. The molecule has 18 heavy (non-hydrogen) atoms. The molecule has 1 N–H and O–H groups in total. The van der Waals surface area contributed by atoms with Crippen molar-refractivity contribution in [2.75, 3.05) is 6.54 Å². The molecule has 0 radical (unpaired) electrons. The Morgan fingerprint density at radius 1 is 1.44 bits per heavy atom. The van der Waals surface area contributed by atoms with Gasteiger partial charge in [-0.2, -0.15) is 13.2 Å². The first-order valence-electron chi connectivity index (χ1n) is 5.12. The largest absolute Gasteiger partial charge is 0.417 e. The predicted molar refractivity (Wildman–Crippen MR) is 66.3 cm³/mol. The van der Waals surface area contributed by atoms with E-state index in [2.05, 4.69) is 27.8 Å². The van der Waals surface area contributed by atoms with Crippen molar-refractivity contribution in [3.05, 3.63) is 46.5 Å². The maximum Gasteiger partial charge on any atom is 0.417 e. The highest BCUT2D eigenvalue weighted by Crippen LogP contribution is 2.33. The third kappa shape index (κ3) is 3.87. The minimum Gasteiger partial charge on any atom is -0.352 e. The monoisotopic (exact) mass is 321 g/mol. The van der Waals surface area contributed by atoms with Crippen LogP contribution in [-0.4, -0.2) is 12.5 Å². The lowest BCUT2D eigenvalue weighted by molar-refractivity contribution is -0.138. The second kappa shape index (κ2) is 6.04. The molecule has 0 atom stereocenters. The molecule has 0 aliphatic heterocycles. The Morgan fingerprint density at radius 3 is 2.67 bits per heavy atom. The number of benzene rings is 1. The second-order valence-electron chi connectivity index (χ2n) is 3.52. The lowest BCUT2D eigenvalue weighted by Crippen LogP contribution is -2.27. The van der Waals surface area contributed by atoms with Crippen molar-refractivity contribution in [1.29, 1.82) is 0 Å². The molecule has 0 aromatic heterocycles. The predicted octanol–water partition coefficient (Wildman–Crippen LogP) is 3.77. The number of carbonyl (C=O) groups excluding carboxylic acids is 1. The molecule has 1 amide bonds. The molecule has 1 rings (SSSR count). The summed E-state index contributed by atoms with van der Waals surface area (Å²) in [6.45, 7) is 3.72. The van der Waals surface area contributed by atoms with Crippen molar-refractivity contribution >= 4 is 21.8 Å². The van der Waals surface area contributed by atoms with E-state index in [1.54, 1.807) is 6.08 Å². The van der Waals surface area contributed by atoms with Gasteiger partial charge in [0.05, 0.1) is 11.1 Å². The Kier molecular flexibility index (Phi) is 4.95. The van der Waals surface area contributed by atoms with Crippen LogP contribution in [0.2, 0.25) is 0 Å². The number of amides is 1. The fourth-order valence-electron chi connectivity index (χ4n) is 1.33. The van der Waals surface area contributed by atoms with E-state index in [1.807, 2.05) is 0 Å². The Hall–Kier alpha value is -1.30. The maximum absolute atomic E-state index is 12.8. The van der Waals surface area contributed by atoms with E-state index in [0.29, 0.717) is 6.42 Å². The normalized spacial score (nSPS) is 11.1. The number of nitrogens with one attached hydrogen (secondary N) is 1. The van der Waals surface area contributed by atoms with Crippen molar-refractivity contribution in [3.8, 4) is 0 Å². The van der Waals surface area contributed by atoms with Crippen LogP contribution in [0.1, 0.15) is 22.3 Å². The molecule has 0 unspecified atom stereocenters. The van der Waals surface area contributed by atoms with Gasteiger partial charge in [0.2, 0.25) is 0 Å². The first-order chi connectivity index (χ1) is 8.36. The molecule has 6 heteroatoms. The van der Waals surface area contributed by atoms with Crippen LogP contribution in [0, 0.1) is 0 Å². The summed E-state index contributed by atoms with van der Waals surface area (Å²) in [4.78, 5) is 11.6. The Morgan fingerprint density at radius 2 is 2.11 bits per heavy atom. The lowest BCUT2D eigenvalue weighted by atomic mass is 10.1. The number of alkyl halides is 3. The number of rotatable bonds is 4. The molecule has 0 spiro atoms. The molecular formula is C12H11BrF3NO. The van der Waals surface area contributed by atoms with Crippen molar-refractivity contribution in [2.24, 2.45) is 0 Å². The van der Waals surface area contributed by atoms with E-state index in [-0.39, 0.29) is 16.6 Å². The standard InChI is InChI=1S/C12H11BrF3NO/c1-2-3-6-17-11(18)9-5-4-8(13)7-10(9)12(14,15)16/h2,4-5,7H,1,3,6H2,(H,17,18). The molecule has 0 bridgehead atoms.